The second kappa shape index (κ2) is 9.43. The van der Waals surface area contributed by atoms with Gasteiger partial charge in [0.25, 0.3) is 0 Å². The third kappa shape index (κ3) is 6.71. The maximum atomic E-state index is 12.8. The lowest BCUT2D eigenvalue weighted by Gasteiger charge is -2.18. The lowest BCUT2D eigenvalue weighted by Crippen LogP contribution is -2.21. The fourth-order valence-corrected chi connectivity index (χ4v) is 2.43. The van der Waals surface area contributed by atoms with E-state index in [1.165, 1.54) is 0 Å². The van der Waals surface area contributed by atoms with Crippen molar-refractivity contribution in [1.29, 1.82) is 0 Å². The predicted octanol–water partition coefficient (Wildman–Crippen LogP) is 5.62. The van der Waals surface area contributed by atoms with Crippen molar-refractivity contribution in [3.63, 3.8) is 0 Å². The number of rotatable bonds is 6. The summed E-state index contributed by atoms with van der Waals surface area (Å²) in [7, 11) is 1.69. The Labute approximate surface area is 158 Å². The Balaban J connectivity index is 0.00000364. The number of likely N-dealkylation sites (N-methyl/N-ethyl adjacent to an activating group) is 1. The molecule has 2 aromatic carbocycles. The minimum Gasteiger partial charge on any atom is -0.375 e. The molecular weight excluding hydrogens is 396 g/mol. The van der Waals surface area contributed by atoms with Crippen LogP contribution in [0.1, 0.15) is 28.3 Å². The fraction of sp³-hybridized carbons (Fsp3) is 0.333. The summed E-state index contributed by atoms with van der Waals surface area (Å²) in [6, 6.07) is 10.4. The number of benzene rings is 2. The highest BCUT2D eigenvalue weighted by atomic mass is 35.5. The first kappa shape index (κ1) is 23.3. The number of ether oxygens (including phenoxy) is 1. The van der Waals surface area contributed by atoms with Gasteiger partial charge in [-0.05, 0) is 36.4 Å². The van der Waals surface area contributed by atoms with Gasteiger partial charge in [-0.25, -0.2) is 0 Å². The fourth-order valence-electron chi connectivity index (χ4n) is 2.43. The Morgan fingerprint density at radius 3 is 1.85 bits per heavy atom. The molecule has 0 spiro atoms. The number of hydrogen-bond acceptors (Lipinski definition) is 2. The van der Waals surface area contributed by atoms with Crippen molar-refractivity contribution >= 4 is 12.4 Å². The molecule has 1 unspecified atom stereocenters. The third-order valence-corrected chi connectivity index (χ3v) is 3.75. The lowest BCUT2D eigenvalue weighted by molar-refractivity contribution is -0.143. The molecule has 0 aliphatic carbocycles. The monoisotopic (exact) mass is 413 g/mol. The molecule has 0 saturated heterocycles. The molecule has 0 radical (unpaired) electrons. The van der Waals surface area contributed by atoms with Crippen molar-refractivity contribution < 1.29 is 31.1 Å². The van der Waals surface area contributed by atoms with Gasteiger partial charge in [-0.1, -0.05) is 30.3 Å². The molecule has 0 aromatic heterocycles. The van der Waals surface area contributed by atoms with Crippen LogP contribution in [0.25, 0.3) is 0 Å². The van der Waals surface area contributed by atoms with Crippen LogP contribution in [0.2, 0.25) is 0 Å². The van der Waals surface area contributed by atoms with E-state index in [-0.39, 0.29) is 43.3 Å². The van der Waals surface area contributed by atoms with E-state index in [4.69, 9.17) is 4.74 Å². The maximum absolute atomic E-state index is 12.8. The predicted molar refractivity (Wildman–Crippen MR) is 91.6 cm³/mol. The van der Waals surface area contributed by atoms with E-state index < -0.39 is 23.5 Å². The van der Waals surface area contributed by atoms with Gasteiger partial charge in [-0.2, -0.15) is 26.3 Å². The van der Waals surface area contributed by atoms with E-state index in [9.17, 15) is 26.3 Å². The molecule has 27 heavy (non-hydrogen) atoms. The summed E-state index contributed by atoms with van der Waals surface area (Å²) in [5, 5.41) is 2.99. The van der Waals surface area contributed by atoms with Crippen LogP contribution in [0.15, 0.2) is 48.5 Å². The van der Waals surface area contributed by atoms with Crippen LogP contribution in [0.4, 0.5) is 26.3 Å². The largest absolute Gasteiger partial charge is 0.416 e. The molecule has 2 aromatic rings. The Morgan fingerprint density at radius 2 is 1.41 bits per heavy atom. The molecule has 2 rings (SSSR count). The topological polar surface area (TPSA) is 21.3 Å². The highest BCUT2D eigenvalue weighted by molar-refractivity contribution is 5.85. The van der Waals surface area contributed by atoms with Crippen molar-refractivity contribution in [1.82, 2.24) is 5.32 Å². The van der Waals surface area contributed by atoms with Gasteiger partial charge in [0.1, 0.15) is 0 Å². The average Bonchev–Trinajstić information content (AvgIpc) is 2.58. The molecule has 0 aliphatic rings. The molecule has 150 valence electrons. The number of halogens is 7. The lowest BCUT2D eigenvalue weighted by atomic mass is 10.0. The van der Waals surface area contributed by atoms with Crippen LogP contribution in [-0.2, 0) is 23.7 Å². The van der Waals surface area contributed by atoms with Crippen molar-refractivity contribution in [2.45, 2.75) is 25.0 Å². The van der Waals surface area contributed by atoms with Crippen LogP contribution in [0, 0.1) is 0 Å². The summed E-state index contributed by atoms with van der Waals surface area (Å²) >= 11 is 0. The van der Waals surface area contributed by atoms with Crippen LogP contribution < -0.4 is 5.32 Å². The highest BCUT2D eigenvalue weighted by Crippen LogP contribution is 2.36. The van der Waals surface area contributed by atoms with Gasteiger partial charge in [-0.15, -0.1) is 12.4 Å². The Hall–Kier alpha value is -1.77. The number of alkyl halides is 6. The second-order valence-electron chi connectivity index (χ2n) is 5.68. The quantitative estimate of drug-likeness (QED) is 0.620. The Bertz CT molecular complexity index is 686. The summed E-state index contributed by atoms with van der Waals surface area (Å²) in [5.41, 5.74) is -1.98. The third-order valence-electron chi connectivity index (χ3n) is 3.75. The molecule has 0 amide bonds. The summed E-state index contributed by atoms with van der Waals surface area (Å²) in [6.07, 6.45) is -9.74. The van der Waals surface area contributed by atoms with Crippen molar-refractivity contribution in [2.24, 2.45) is 0 Å². The van der Waals surface area contributed by atoms with Crippen molar-refractivity contribution in [3.8, 4) is 0 Å². The van der Waals surface area contributed by atoms with Crippen LogP contribution in [0.5, 0.6) is 0 Å². The zero-order valence-corrected chi connectivity index (χ0v) is 15.0. The van der Waals surface area contributed by atoms with Gasteiger partial charge >= 0.3 is 12.4 Å². The highest BCUT2D eigenvalue weighted by Gasteiger charge is 2.36. The van der Waals surface area contributed by atoms with E-state index >= 15 is 0 Å². The molecule has 0 heterocycles. The van der Waals surface area contributed by atoms with Crippen molar-refractivity contribution in [2.75, 3.05) is 13.7 Å². The van der Waals surface area contributed by atoms with E-state index in [0.29, 0.717) is 12.1 Å². The molecule has 0 bridgehead atoms. The molecule has 1 atom stereocenters. The first-order valence-corrected chi connectivity index (χ1v) is 7.69. The zero-order chi connectivity index (χ0) is 19.4. The average molecular weight is 414 g/mol. The first-order chi connectivity index (χ1) is 12.1. The minimum absolute atomic E-state index is 0. The Morgan fingerprint density at radius 1 is 0.889 bits per heavy atom. The standard InChI is InChI=1S/C18H17F6NO.ClH/c1-25-16(13-5-3-2-4-6-13)11-26-10-12-7-14(17(19,20)21)9-15(8-12)18(22,23)24;/h2-9,16,25H,10-11H2,1H3;1H. The van der Waals surface area contributed by atoms with E-state index in [1.54, 1.807) is 7.05 Å². The van der Waals surface area contributed by atoms with Crippen molar-refractivity contribution in [3.05, 3.63) is 70.8 Å². The van der Waals surface area contributed by atoms with E-state index in [0.717, 1.165) is 5.56 Å². The summed E-state index contributed by atoms with van der Waals surface area (Å²) in [6.45, 7) is -0.268. The molecule has 0 saturated carbocycles. The molecule has 0 aliphatic heterocycles. The van der Waals surface area contributed by atoms with Crippen LogP contribution in [-0.4, -0.2) is 13.7 Å². The van der Waals surface area contributed by atoms with E-state index in [1.807, 2.05) is 30.3 Å². The zero-order valence-electron chi connectivity index (χ0n) is 14.2. The van der Waals surface area contributed by atoms with Crippen LogP contribution >= 0.6 is 12.4 Å². The summed E-state index contributed by atoms with van der Waals surface area (Å²) in [4.78, 5) is 0. The van der Waals surface area contributed by atoms with Gasteiger partial charge in [0.05, 0.1) is 30.4 Å². The first-order valence-electron chi connectivity index (χ1n) is 7.69. The van der Waals surface area contributed by atoms with Crippen LogP contribution in [0.3, 0.4) is 0 Å². The summed E-state index contributed by atoms with van der Waals surface area (Å²) in [5.74, 6) is 0. The van der Waals surface area contributed by atoms with Gasteiger partial charge in [-0.3, -0.25) is 0 Å². The maximum Gasteiger partial charge on any atom is 0.416 e. The smallest absolute Gasteiger partial charge is 0.375 e. The van der Waals surface area contributed by atoms with E-state index in [2.05, 4.69) is 5.32 Å². The molecule has 2 nitrogen and oxygen atoms in total. The molecular formula is C18H18ClF6NO. The molecule has 0 fully saturated rings. The van der Waals surface area contributed by atoms with Gasteiger partial charge in [0.2, 0.25) is 0 Å². The van der Waals surface area contributed by atoms with Gasteiger partial charge < -0.3 is 10.1 Å². The number of hydrogen-bond donors (Lipinski definition) is 1. The summed E-state index contributed by atoms with van der Waals surface area (Å²) < 4.78 is 82.4. The van der Waals surface area contributed by atoms with Gasteiger partial charge in [0.15, 0.2) is 0 Å². The minimum atomic E-state index is -4.87. The molecule has 1 N–H and O–H groups in total. The SMILES string of the molecule is CNC(COCc1cc(C(F)(F)F)cc(C(F)(F)F)c1)c1ccccc1.Cl. The number of nitrogens with one attached hydrogen (secondary N) is 1. The second-order valence-corrected chi connectivity index (χ2v) is 5.68. The van der Waals surface area contributed by atoms with Gasteiger partial charge in [0, 0.05) is 0 Å². The normalized spacial score (nSPS) is 13.1. The molecule has 9 heteroatoms. The Kier molecular flexibility index (Phi) is 8.13.